The Morgan fingerprint density at radius 1 is 1.12 bits per heavy atom. The molecule has 2 saturated heterocycles. The van der Waals surface area contributed by atoms with Crippen LogP contribution in [0.25, 0.3) is 0 Å². The van der Waals surface area contributed by atoms with Gasteiger partial charge in [-0.15, -0.1) is 0 Å². The van der Waals surface area contributed by atoms with Crippen LogP contribution in [0, 0.1) is 5.41 Å². The fraction of sp³-hybridized carbons (Fsp3) is 0.833. The highest BCUT2D eigenvalue weighted by Gasteiger charge is 2.43. The van der Waals surface area contributed by atoms with Gasteiger partial charge in [-0.05, 0) is 31.1 Å². The third-order valence-electron chi connectivity index (χ3n) is 6.67. The zero-order valence-corrected chi connectivity index (χ0v) is 16.5. The molecule has 3 fully saturated rings. The first-order valence-electron chi connectivity index (χ1n) is 9.97. The van der Waals surface area contributed by atoms with Crippen LogP contribution in [-0.4, -0.2) is 59.3 Å². The van der Waals surface area contributed by atoms with Gasteiger partial charge in [-0.25, -0.2) is 4.98 Å². The van der Waals surface area contributed by atoms with Crippen LogP contribution < -0.4 is 5.32 Å². The lowest BCUT2D eigenvalue weighted by Gasteiger charge is -2.45. The third-order valence-corrected chi connectivity index (χ3v) is 8.72. The summed E-state index contributed by atoms with van der Waals surface area (Å²) in [4.78, 5) is 4.41. The minimum absolute atomic E-state index is 0.237. The second-order valence-corrected chi connectivity index (χ2v) is 10.1. The number of aromatic nitrogens is 2. The lowest BCUT2D eigenvalue weighted by molar-refractivity contribution is 0.0971. The molecule has 1 atom stereocenters. The van der Waals surface area contributed by atoms with Crippen LogP contribution in [0.15, 0.2) is 12.4 Å². The highest BCUT2D eigenvalue weighted by atomic mass is 32.2. The fourth-order valence-corrected chi connectivity index (χ4v) is 6.77. The average molecular weight is 382 g/mol. The maximum Gasteiger partial charge on any atom is 0.282 e. The summed E-state index contributed by atoms with van der Waals surface area (Å²) >= 11 is 0. The molecule has 2 aliphatic heterocycles. The number of aryl methyl sites for hydroxylation is 1. The summed E-state index contributed by atoms with van der Waals surface area (Å²) in [5, 5.41) is 3.32. The van der Waals surface area contributed by atoms with Gasteiger partial charge in [-0.1, -0.05) is 19.3 Å². The number of hydrogen-bond acceptors (Lipinski definition) is 4. The molecule has 26 heavy (non-hydrogen) atoms. The molecule has 1 aromatic rings. The minimum atomic E-state index is -3.46. The molecule has 1 saturated carbocycles. The van der Waals surface area contributed by atoms with Gasteiger partial charge in [0.2, 0.25) is 0 Å². The summed E-state index contributed by atoms with van der Waals surface area (Å²) in [6, 6.07) is -0.237. The van der Waals surface area contributed by atoms with Gasteiger partial charge in [0.05, 0.1) is 6.04 Å². The topological polar surface area (TPSA) is 70.5 Å². The zero-order valence-electron chi connectivity index (χ0n) is 15.7. The maximum absolute atomic E-state index is 13.4. The molecule has 1 unspecified atom stereocenters. The van der Waals surface area contributed by atoms with Crippen molar-refractivity contribution < 1.29 is 8.42 Å². The van der Waals surface area contributed by atoms with Gasteiger partial charge >= 0.3 is 0 Å². The molecule has 0 aromatic carbocycles. The molecule has 3 heterocycles. The van der Waals surface area contributed by atoms with Crippen LogP contribution in [0.3, 0.4) is 0 Å². The molecule has 4 rings (SSSR count). The number of imidazole rings is 1. The van der Waals surface area contributed by atoms with Crippen molar-refractivity contribution in [3.8, 4) is 0 Å². The van der Waals surface area contributed by atoms with Crippen molar-refractivity contribution >= 4 is 10.2 Å². The fourth-order valence-electron chi connectivity index (χ4n) is 5.02. The first kappa shape index (κ1) is 18.4. The third kappa shape index (κ3) is 3.32. The molecule has 7 nitrogen and oxygen atoms in total. The Bertz CT molecular complexity index is 716. The molecular weight excluding hydrogens is 350 g/mol. The van der Waals surface area contributed by atoms with E-state index >= 15 is 0 Å². The number of hydrogen-bond donors (Lipinski definition) is 1. The van der Waals surface area contributed by atoms with Crippen LogP contribution in [0.5, 0.6) is 0 Å². The summed E-state index contributed by atoms with van der Waals surface area (Å²) in [5.41, 5.74) is 0.410. The Morgan fingerprint density at radius 3 is 2.50 bits per heavy atom. The summed E-state index contributed by atoms with van der Waals surface area (Å²) in [6.45, 7) is 3.14. The van der Waals surface area contributed by atoms with E-state index in [-0.39, 0.29) is 6.04 Å². The Hall–Kier alpha value is -0.960. The van der Waals surface area contributed by atoms with Crippen LogP contribution in [0.4, 0.5) is 0 Å². The van der Waals surface area contributed by atoms with E-state index in [2.05, 4.69) is 10.3 Å². The quantitative estimate of drug-likeness (QED) is 0.864. The molecule has 146 valence electrons. The van der Waals surface area contributed by atoms with E-state index in [1.54, 1.807) is 14.8 Å². The summed E-state index contributed by atoms with van der Waals surface area (Å²) in [7, 11) is -1.53. The van der Waals surface area contributed by atoms with Crippen molar-refractivity contribution in [1.82, 2.24) is 23.5 Å². The predicted octanol–water partition coefficient (Wildman–Crippen LogP) is 1.66. The van der Waals surface area contributed by atoms with E-state index in [1.165, 1.54) is 32.1 Å². The highest BCUT2D eigenvalue weighted by molar-refractivity contribution is 7.86. The molecule has 1 aliphatic carbocycles. The predicted molar refractivity (Wildman–Crippen MR) is 101 cm³/mol. The number of nitrogens with one attached hydrogen (secondary N) is 1. The standard InChI is InChI=1S/C18H31N5O2S/c1-21-13-10-20-17(21)16-15-19-9-14-23(16)26(24,25)22-11-7-18(8-12-22)5-3-2-4-6-18/h10,13,16,19H,2-9,11-12,14-15H2,1H3. The van der Waals surface area contributed by atoms with Crippen molar-refractivity contribution in [1.29, 1.82) is 0 Å². The van der Waals surface area contributed by atoms with E-state index in [1.807, 2.05) is 17.8 Å². The van der Waals surface area contributed by atoms with Gasteiger partial charge in [0, 0.05) is 52.2 Å². The van der Waals surface area contributed by atoms with E-state index in [0.29, 0.717) is 38.1 Å². The molecule has 8 heteroatoms. The minimum Gasteiger partial charge on any atom is -0.337 e. The number of piperidine rings is 1. The van der Waals surface area contributed by atoms with E-state index < -0.39 is 10.2 Å². The van der Waals surface area contributed by atoms with Gasteiger partial charge in [-0.2, -0.15) is 17.0 Å². The normalized spacial score (nSPS) is 28.4. The monoisotopic (exact) mass is 381 g/mol. The molecule has 3 aliphatic rings. The highest BCUT2D eigenvalue weighted by Crippen LogP contribution is 2.45. The second-order valence-electron chi connectivity index (χ2n) is 8.19. The smallest absolute Gasteiger partial charge is 0.282 e. The summed E-state index contributed by atoms with van der Waals surface area (Å²) in [6.07, 6.45) is 12.2. The second kappa shape index (κ2) is 7.22. The van der Waals surface area contributed by atoms with Crippen LogP contribution in [0.1, 0.15) is 56.8 Å². The largest absolute Gasteiger partial charge is 0.337 e. The van der Waals surface area contributed by atoms with Gasteiger partial charge in [0.15, 0.2) is 0 Å². The molecule has 1 spiro atoms. The Balaban J connectivity index is 1.51. The molecular formula is C18H31N5O2S. The Kier molecular flexibility index (Phi) is 5.11. The number of piperazine rings is 1. The Labute approximate surface area is 156 Å². The van der Waals surface area contributed by atoms with Gasteiger partial charge in [-0.3, -0.25) is 0 Å². The van der Waals surface area contributed by atoms with Gasteiger partial charge < -0.3 is 9.88 Å². The van der Waals surface area contributed by atoms with E-state index in [4.69, 9.17) is 0 Å². The first-order valence-corrected chi connectivity index (χ1v) is 11.4. The van der Waals surface area contributed by atoms with Crippen LogP contribution >= 0.6 is 0 Å². The van der Waals surface area contributed by atoms with Crippen molar-refractivity contribution in [3.05, 3.63) is 18.2 Å². The number of nitrogens with zero attached hydrogens (tertiary/aromatic N) is 4. The molecule has 0 amide bonds. The van der Waals surface area contributed by atoms with Crippen molar-refractivity contribution in [2.75, 3.05) is 32.7 Å². The molecule has 1 N–H and O–H groups in total. The van der Waals surface area contributed by atoms with Crippen LogP contribution in [0.2, 0.25) is 0 Å². The van der Waals surface area contributed by atoms with Crippen molar-refractivity contribution in [2.24, 2.45) is 12.5 Å². The lowest BCUT2D eigenvalue weighted by Crippen LogP contribution is -2.55. The van der Waals surface area contributed by atoms with Gasteiger partial charge in [0.25, 0.3) is 10.2 Å². The average Bonchev–Trinajstić information content (AvgIpc) is 3.09. The zero-order chi connectivity index (χ0) is 18.2. The number of rotatable bonds is 3. The lowest BCUT2D eigenvalue weighted by atomic mass is 9.68. The molecule has 0 bridgehead atoms. The maximum atomic E-state index is 13.4. The Morgan fingerprint density at radius 2 is 1.85 bits per heavy atom. The first-order chi connectivity index (χ1) is 12.5. The molecule has 0 radical (unpaired) electrons. The summed E-state index contributed by atoms with van der Waals surface area (Å²) in [5.74, 6) is 0.807. The van der Waals surface area contributed by atoms with E-state index in [0.717, 1.165) is 18.7 Å². The summed E-state index contributed by atoms with van der Waals surface area (Å²) < 4.78 is 32.2. The van der Waals surface area contributed by atoms with Gasteiger partial charge in [0.1, 0.15) is 5.82 Å². The molecule has 1 aromatic heterocycles. The van der Waals surface area contributed by atoms with Crippen molar-refractivity contribution in [3.63, 3.8) is 0 Å². The SMILES string of the molecule is Cn1ccnc1C1CNCCN1S(=O)(=O)N1CCC2(CCCCC2)CC1. The van der Waals surface area contributed by atoms with Crippen LogP contribution in [-0.2, 0) is 17.3 Å². The van der Waals surface area contributed by atoms with Crippen molar-refractivity contribution in [2.45, 2.75) is 51.0 Å². The van der Waals surface area contributed by atoms with E-state index in [9.17, 15) is 8.42 Å².